The van der Waals surface area contributed by atoms with Crippen molar-refractivity contribution in [1.82, 2.24) is 10.2 Å². The Morgan fingerprint density at radius 3 is 2.61 bits per heavy atom. The van der Waals surface area contributed by atoms with E-state index in [-0.39, 0.29) is 12.0 Å². The third-order valence-electron chi connectivity index (χ3n) is 4.48. The van der Waals surface area contributed by atoms with Crippen molar-refractivity contribution in [2.45, 2.75) is 18.9 Å². The average Bonchev–Trinajstić information content (AvgIpc) is 3.08. The molecule has 2 aliphatic heterocycles. The number of rotatable bonds is 5. The molecule has 1 atom stereocenters. The molecule has 0 aliphatic carbocycles. The number of halogens is 1. The zero-order valence-electron chi connectivity index (χ0n) is 13.3. The highest BCUT2D eigenvalue weighted by Crippen LogP contribution is 2.19. The minimum Gasteiger partial charge on any atom is -0.376 e. The first-order valence-electron chi connectivity index (χ1n) is 8.32. The number of piperazine rings is 1. The van der Waals surface area contributed by atoms with Gasteiger partial charge >= 0.3 is 0 Å². The Balaban J connectivity index is 1.38. The summed E-state index contributed by atoms with van der Waals surface area (Å²) in [5.74, 6) is 0.0976. The summed E-state index contributed by atoms with van der Waals surface area (Å²) in [6.45, 7) is 5.60. The number of carbonyl (C=O) groups is 1. The van der Waals surface area contributed by atoms with Crippen LogP contribution in [0.3, 0.4) is 0 Å². The maximum atomic E-state index is 12.0. The minimum atomic E-state index is 0.0976. The fourth-order valence-electron chi connectivity index (χ4n) is 3.11. The van der Waals surface area contributed by atoms with Crippen molar-refractivity contribution in [2.75, 3.05) is 50.8 Å². The zero-order valence-corrected chi connectivity index (χ0v) is 14.1. The Bertz CT molecular complexity index is 509. The van der Waals surface area contributed by atoms with Crippen LogP contribution in [0.5, 0.6) is 0 Å². The highest BCUT2D eigenvalue weighted by atomic mass is 35.5. The molecule has 0 bridgehead atoms. The Labute approximate surface area is 142 Å². The van der Waals surface area contributed by atoms with Gasteiger partial charge in [-0.2, -0.15) is 0 Å². The molecule has 1 unspecified atom stereocenters. The van der Waals surface area contributed by atoms with E-state index in [1.54, 1.807) is 0 Å². The van der Waals surface area contributed by atoms with Gasteiger partial charge in [-0.1, -0.05) is 11.6 Å². The lowest BCUT2D eigenvalue weighted by atomic mass is 10.2. The minimum absolute atomic E-state index is 0.0976. The van der Waals surface area contributed by atoms with E-state index in [1.807, 2.05) is 24.3 Å². The van der Waals surface area contributed by atoms with Gasteiger partial charge in [0.15, 0.2) is 0 Å². The van der Waals surface area contributed by atoms with E-state index >= 15 is 0 Å². The molecule has 1 aromatic carbocycles. The lowest BCUT2D eigenvalue weighted by Crippen LogP contribution is -2.50. The summed E-state index contributed by atoms with van der Waals surface area (Å²) < 4.78 is 5.52. The van der Waals surface area contributed by atoms with Gasteiger partial charge in [0.05, 0.1) is 12.6 Å². The molecule has 0 aromatic heterocycles. The largest absolute Gasteiger partial charge is 0.376 e. The number of ether oxygens (including phenoxy) is 1. The van der Waals surface area contributed by atoms with Crippen LogP contribution in [0.2, 0.25) is 5.02 Å². The topological polar surface area (TPSA) is 44.8 Å². The highest BCUT2D eigenvalue weighted by Gasteiger charge is 2.20. The van der Waals surface area contributed by atoms with Crippen LogP contribution in [-0.4, -0.2) is 62.8 Å². The Morgan fingerprint density at radius 2 is 1.96 bits per heavy atom. The summed E-state index contributed by atoms with van der Waals surface area (Å²) in [7, 11) is 0. The fourth-order valence-corrected chi connectivity index (χ4v) is 3.23. The molecule has 5 nitrogen and oxygen atoms in total. The van der Waals surface area contributed by atoms with Crippen molar-refractivity contribution in [2.24, 2.45) is 0 Å². The predicted octanol–water partition coefficient (Wildman–Crippen LogP) is 1.76. The Kier molecular flexibility index (Phi) is 5.75. The van der Waals surface area contributed by atoms with Crippen LogP contribution in [0.4, 0.5) is 5.69 Å². The van der Waals surface area contributed by atoms with Crippen LogP contribution in [-0.2, 0) is 9.53 Å². The van der Waals surface area contributed by atoms with Crippen LogP contribution in [0.15, 0.2) is 24.3 Å². The molecule has 2 saturated heterocycles. The van der Waals surface area contributed by atoms with Gasteiger partial charge < -0.3 is 15.0 Å². The maximum Gasteiger partial charge on any atom is 0.234 e. The van der Waals surface area contributed by atoms with Gasteiger partial charge in [0.2, 0.25) is 5.91 Å². The summed E-state index contributed by atoms with van der Waals surface area (Å²) in [6, 6.07) is 7.93. The lowest BCUT2D eigenvalue weighted by molar-refractivity contribution is -0.122. The number of anilines is 1. The summed E-state index contributed by atoms with van der Waals surface area (Å²) in [5.41, 5.74) is 1.19. The fraction of sp³-hybridized carbons (Fsp3) is 0.588. The van der Waals surface area contributed by atoms with Crippen molar-refractivity contribution in [3.63, 3.8) is 0 Å². The molecule has 23 heavy (non-hydrogen) atoms. The molecule has 1 aromatic rings. The van der Waals surface area contributed by atoms with Gasteiger partial charge in [0.25, 0.3) is 0 Å². The van der Waals surface area contributed by atoms with Crippen molar-refractivity contribution >= 4 is 23.2 Å². The van der Waals surface area contributed by atoms with Gasteiger partial charge in [0.1, 0.15) is 0 Å². The molecule has 2 aliphatic rings. The molecule has 126 valence electrons. The van der Waals surface area contributed by atoms with Gasteiger partial charge in [-0.3, -0.25) is 9.69 Å². The third-order valence-corrected chi connectivity index (χ3v) is 4.73. The molecule has 0 spiro atoms. The molecule has 6 heteroatoms. The smallest absolute Gasteiger partial charge is 0.234 e. The van der Waals surface area contributed by atoms with Crippen molar-refractivity contribution < 1.29 is 9.53 Å². The van der Waals surface area contributed by atoms with Crippen LogP contribution < -0.4 is 10.2 Å². The van der Waals surface area contributed by atoms with E-state index in [1.165, 1.54) is 5.69 Å². The number of nitrogens with zero attached hydrogens (tertiary/aromatic N) is 2. The molecule has 1 amide bonds. The quantitative estimate of drug-likeness (QED) is 0.889. The molecule has 2 fully saturated rings. The number of amides is 1. The first-order valence-corrected chi connectivity index (χ1v) is 8.70. The second-order valence-corrected chi connectivity index (χ2v) is 6.62. The summed E-state index contributed by atoms with van der Waals surface area (Å²) in [5, 5.41) is 3.75. The van der Waals surface area contributed by atoms with Gasteiger partial charge in [-0.15, -0.1) is 0 Å². The molecule has 1 N–H and O–H groups in total. The number of nitrogens with one attached hydrogen (secondary N) is 1. The summed E-state index contributed by atoms with van der Waals surface area (Å²) >= 11 is 5.93. The van der Waals surface area contributed by atoms with E-state index < -0.39 is 0 Å². The Morgan fingerprint density at radius 1 is 1.22 bits per heavy atom. The molecule has 0 saturated carbocycles. The van der Waals surface area contributed by atoms with E-state index in [9.17, 15) is 4.79 Å². The van der Waals surface area contributed by atoms with Crippen molar-refractivity contribution in [3.05, 3.63) is 29.3 Å². The number of carbonyl (C=O) groups excluding carboxylic acids is 1. The van der Waals surface area contributed by atoms with Crippen LogP contribution in [0.25, 0.3) is 0 Å². The van der Waals surface area contributed by atoms with Crippen molar-refractivity contribution in [3.8, 4) is 0 Å². The standard InChI is InChI=1S/C17H24ClN3O2/c18-14-3-5-15(6-4-14)21-9-7-20(8-10-21)13-17(22)19-12-16-2-1-11-23-16/h3-6,16H,1-2,7-13H2,(H,19,22). The van der Waals surface area contributed by atoms with Crippen molar-refractivity contribution in [1.29, 1.82) is 0 Å². The maximum absolute atomic E-state index is 12.0. The predicted molar refractivity (Wildman–Crippen MR) is 92.1 cm³/mol. The summed E-state index contributed by atoms with van der Waals surface area (Å²) in [4.78, 5) is 16.6. The first-order chi connectivity index (χ1) is 11.2. The molecular formula is C17H24ClN3O2. The molecule has 2 heterocycles. The second kappa shape index (κ2) is 7.99. The monoisotopic (exact) mass is 337 g/mol. The highest BCUT2D eigenvalue weighted by molar-refractivity contribution is 6.30. The third kappa shape index (κ3) is 4.83. The second-order valence-electron chi connectivity index (χ2n) is 6.18. The van der Waals surface area contributed by atoms with Crippen LogP contribution in [0.1, 0.15) is 12.8 Å². The normalized spacial score (nSPS) is 22.3. The van der Waals surface area contributed by atoms with Crippen LogP contribution in [0, 0.1) is 0 Å². The molecule has 0 radical (unpaired) electrons. The van der Waals surface area contributed by atoms with Crippen LogP contribution >= 0.6 is 11.6 Å². The van der Waals surface area contributed by atoms with E-state index in [2.05, 4.69) is 15.1 Å². The van der Waals surface area contributed by atoms with Gasteiger partial charge in [-0.05, 0) is 37.1 Å². The van der Waals surface area contributed by atoms with E-state index in [0.29, 0.717) is 13.1 Å². The number of hydrogen-bond acceptors (Lipinski definition) is 4. The number of benzene rings is 1. The lowest BCUT2D eigenvalue weighted by Gasteiger charge is -2.35. The average molecular weight is 338 g/mol. The van der Waals surface area contributed by atoms with E-state index in [4.69, 9.17) is 16.3 Å². The molecular weight excluding hydrogens is 314 g/mol. The van der Waals surface area contributed by atoms with E-state index in [0.717, 1.165) is 50.7 Å². The Hall–Kier alpha value is -1.30. The summed E-state index contributed by atoms with van der Waals surface area (Å²) in [6.07, 6.45) is 2.37. The van der Waals surface area contributed by atoms with Gasteiger partial charge in [0, 0.05) is 50.0 Å². The SMILES string of the molecule is O=C(CN1CCN(c2ccc(Cl)cc2)CC1)NCC1CCCO1. The first kappa shape index (κ1) is 16.6. The number of hydrogen-bond donors (Lipinski definition) is 1. The molecule has 3 rings (SSSR count). The van der Waals surface area contributed by atoms with Gasteiger partial charge in [-0.25, -0.2) is 0 Å². The zero-order chi connectivity index (χ0) is 16.1.